The second-order valence-corrected chi connectivity index (χ2v) is 13.6. The Kier molecular flexibility index (Phi) is 6.93. The van der Waals surface area contributed by atoms with Crippen LogP contribution in [-0.2, 0) is 26.4 Å². The Morgan fingerprint density at radius 2 is 1.78 bits per heavy atom. The third kappa shape index (κ3) is 5.21. The van der Waals surface area contributed by atoms with E-state index in [1.165, 1.54) is 43.9 Å². The number of aromatic nitrogens is 2. The van der Waals surface area contributed by atoms with Crippen LogP contribution in [0.25, 0.3) is 0 Å². The van der Waals surface area contributed by atoms with Crippen LogP contribution in [0, 0.1) is 18.8 Å². The van der Waals surface area contributed by atoms with Gasteiger partial charge >= 0.3 is 0 Å². The van der Waals surface area contributed by atoms with Crippen LogP contribution in [0.1, 0.15) is 37.7 Å². The van der Waals surface area contributed by atoms with Crippen LogP contribution in [0.15, 0.2) is 75.9 Å². The number of hydrogen-bond donors (Lipinski definition) is 2. The van der Waals surface area contributed by atoms with Crippen molar-refractivity contribution in [2.75, 3.05) is 11.9 Å². The zero-order chi connectivity index (χ0) is 25.3. The highest BCUT2D eigenvalue weighted by molar-refractivity contribution is 7.91. The van der Waals surface area contributed by atoms with Gasteiger partial charge in [-0.25, -0.2) is 26.5 Å². The van der Waals surface area contributed by atoms with Crippen LogP contribution in [0.3, 0.4) is 0 Å². The third-order valence-corrected chi connectivity index (χ3v) is 10.8. The van der Waals surface area contributed by atoms with Gasteiger partial charge in [-0.3, -0.25) is 0 Å². The number of nitrogens with zero attached hydrogens (tertiary/aromatic N) is 2. The van der Waals surface area contributed by atoms with E-state index in [2.05, 4.69) is 15.0 Å². The smallest absolute Gasteiger partial charge is 0.240 e. The summed E-state index contributed by atoms with van der Waals surface area (Å²) in [5.74, 6) is 1.54. The Bertz CT molecular complexity index is 1420. The molecule has 2 aliphatic carbocycles. The van der Waals surface area contributed by atoms with Gasteiger partial charge in [-0.15, -0.1) is 0 Å². The number of aryl methyl sites for hydroxylation is 2. The van der Waals surface area contributed by atoms with Crippen molar-refractivity contribution < 1.29 is 16.8 Å². The van der Waals surface area contributed by atoms with Crippen molar-refractivity contribution in [1.29, 1.82) is 0 Å². The third-order valence-electron chi connectivity index (χ3n) is 7.46. The van der Waals surface area contributed by atoms with E-state index >= 15 is 0 Å². The van der Waals surface area contributed by atoms with Crippen molar-refractivity contribution in [3.8, 4) is 0 Å². The van der Waals surface area contributed by atoms with Crippen molar-refractivity contribution >= 4 is 25.5 Å². The molecule has 192 valence electrons. The van der Waals surface area contributed by atoms with E-state index in [1.807, 2.05) is 10.8 Å². The van der Waals surface area contributed by atoms with E-state index in [0.29, 0.717) is 30.5 Å². The van der Waals surface area contributed by atoms with Gasteiger partial charge in [0.1, 0.15) is 0 Å². The van der Waals surface area contributed by atoms with Crippen LogP contribution >= 0.6 is 0 Å². The molecule has 3 aromatic rings. The molecular weight excluding hydrogens is 496 g/mol. The molecule has 0 unspecified atom stereocenters. The average Bonchev–Trinajstić information content (AvgIpc) is 3.61. The molecule has 8 nitrogen and oxygen atoms in total. The Labute approximate surface area is 213 Å². The maximum atomic E-state index is 13.3. The number of anilines is 1. The number of hydrogen-bond acceptors (Lipinski definition) is 6. The Morgan fingerprint density at radius 3 is 2.44 bits per heavy atom. The van der Waals surface area contributed by atoms with E-state index in [1.54, 1.807) is 43.7 Å². The van der Waals surface area contributed by atoms with Gasteiger partial charge in [-0.2, -0.15) is 0 Å². The molecule has 0 radical (unpaired) electrons. The fourth-order valence-electron chi connectivity index (χ4n) is 5.50. The molecule has 0 amide bonds. The van der Waals surface area contributed by atoms with Crippen molar-refractivity contribution in [3.63, 3.8) is 0 Å². The SMILES string of the molecule is Cc1ccc(S(=O)(=O)c2ccc(N[C@@H]3C[C@H]4CC[C@@H]3C4)cc2)cc1S(=O)(=O)NCCCn1ccnc1. The zero-order valence-corrected chi connectivity index (χ0v) is 21.9. The summed E-state index contributed by atoms with van der Waals surface area (Å²) in [5, 5.41) is 3.57. The lowest BCUT2D eigenvalue weighted by molar-refractivity contribution is 0.440. The molecule has 5 rings (SSSR count). The second kappa shape index (κ2) is 9.99. The predicted octanol–water partition coefficient (Wildman–Crippen LogP) is 3.99. The second-order valence-electron chi connectivity index (χ2n) is 9.93. The molecule has 2 saturated carbocycles. The predicted molar refractivity (Wildman–Crippen MR) is 138 cm³/mol. The summed E-state index contributed by atoms with van der Waals surface area (Å²) in [7, 11) is -7.75. The standard InChI is InChI=1S/C26H32N4O4S2/c1-19-3-8-24(17-26(19)36(33,34)28-11-2-13-30-14-12-27-18-30)35(31,32)23-9-6-22(7-10-23)29-25-16-20-4-5-21(25)15-20/h3,6-10,12,14,17-18,20-21,25,28-29H,2,4-5,11,13,15-16H2,1H3/t20-,21+,25+/m0/s1. The van der Waals surface area contributed by atoms with Crippen molar-refractivity contribution in [1.82, 2.24) is 14.3 Å². The van der Waals surface area contributed by atoms with Gasteiger partial charge in [-0.1, -0.05) is 12.5 Å². The van der Waals surface area contributed by atoms with Crippen molar-refractivity contribution in [2.45, 2.75) is 66.3 Å². The molecule has 1 aromatic heterocycles. The molecule has 2 N–H and O–H groups in total. The maximum Gasteiger partial charge on any atom is 0.240 e. The molecule has 2 aromatic carbocycles. The largest absolute Gasteiger partial charge is 0.382 e. The van der Waals surface area contributed by atoms with E-state index in [-0.39, 0.29) is 21.2 Å². The monoisotopic (exact) mass is 528 g/mol. The van der Waals surface area contributed by atoms with Crippen LogP contribution in [0.5, 0.6) is 0 Å². The number of imidazole rings is 1. The number of benzene rings is 2. The molecule has 2 aliphatic rings. The van der Waals surface area contributed by atoms with E-state index in [4.69, 9.17) is 0 Å². The summed E-state index contributed by atoms with van der Waals surface area (Å²) in [5.41, 5.74) is 1.40. The normalized spacial score (nSPS) is 21.6. The minimum Gasteiger partial charge on any atom is -0.382 e. The van der Waals surface area contributed by atoms with E-state index in [9.17, 15) is 16.8 Å². The lowest BCUT2D eigenvalue weighted by Crippen LogP contribution is -2.26. The molecule has 36 heavy (non-hydrogen) atoms. The maximum absolute atomic E-state index is 13.3. The minimum absolute atomic E-state index is 0.0271. The molecule has 1 heterocycles. The number of rotatable bonds is 10. The highest BCUT2D eigenvalue weighted by atomic mass is 32.2. The number of sulfone groups is 1. The average molecular weight is 529 g/mol. The lowest BCUT2D eigenvalue weighted by atomic mass is 9.95. The highest BCUT2D eigenvalue weighted by Crippen LogP contribution is 2.45. The molecule has 0 saturated heterocycles. The van der Waals surface area contributed by atoms with Gasteiger partial charge in [0, 0.05) is 37.2 Å². The van der Waals surface area contributed by atoms with Crippen LogP contribution in [0.2, 0.25) is 0 Å². The number of nitrogens with one attached hydrogen (secondary N) is 2. The first-order valence-electron chi connectivity index (χ1n) is 12.4. The summed E-state index contributed by atoms with van der Waals surface area (Å²) < 4.78 is 57.0. The molecule has 2 fully saturated rings. The molecule has 0 aliphatic heterocycles. The summed E-state index contributed by atoms with van der Waals surface area (Å²) in [4.78, 5) is 4.04. The van der Waals surface area contributed by atoms with E-state index in [0.717, 1.165) is 11.6 Å². The fraction of sp³-hybridized carbons (Fsp3) is 0.423. The van der Waals surface area contributed by atoms with Crippen LogP contribution in [0.4, 0.5) is 5.69 Å². The Morgan fingerprint density at radius 1 is 1.00 bits per heavy atom. The first-order valence-corrected chi connectivity index (χ1v) is 15.4. The van der Waals surface area contributed by atoms with Gasteiger partial charge in [0.05, 0.1) is 21.0 Å². The highest BCUT2D eigenvalue weighted by Gasteiger charge is 2.39. The molecule has 3 atom stereocenters. The summed E-state index contributed by atoms with van der Waals surface area (Å²) in [6, 6.07) is 11.5. The summed E-state index contributed by atoms with van der Waals surface area (Å²) >= 11 is 0. The minimum atomic E-state index is -3.88. The molecular formula is C26H32N4O4S2. The topological polar surface area (TPSA) is 110 Å². The first kappa shape index (κ1) is 25.0. The van der Waals surface area contributed by atoms with Crippen molar-refractivity contribution in [3.05, 3.63) is 66.7 Å². The van der Waals surface area contributed by atoms with Gasteiger partial charge in [0.15, 0.2) is 0 Å². The number of fused-ring (bicyclic) bond motifs is 2. The van der Waals surface area contributed by atoms with E-state index < -0.39 is 19.9 Å². The van der Waals surface area contributed by atoms with Crippen LogP contribution < -0.4 is 10.0 Å². The van der Waals surface area contributed by atoms with Crippen LogP contribution in [-0.4, -0.2) is 39.0 Å². The molecule has 10 heteroatoms. The molecule has 2 bridgehead atoms. The Balaban J connectivity index is 1.28. The quantitative estimate of drug-likeness (QED) is 0.385. The first-order chi connectivity index (χ1) is 17.2. The zero-order valence-electron chi connectivity index (χ0n) is 20.3. The number of sulfonamides is 1. The fourth-order valence-corrected chi connectivity index (χ4v) is 8.21. The van der Waals surface area contributed by atoms with Gasteiger partial charge in [0.25, 0.3) is 0 Å². The van der Waals surface area contributed by atoms with Gasteiger partial charge < -0.3 is 9.88 Å². The Hall–Kier alpha value is -2.69. The van der Waals surface area contributed by atoms with Crippen molar-refractivity contribution in [2.24, 2.45) is 11.8 Å². The molecule has 0 spiro atoms. The lowest BCUT2D eigenvalue weighted by Gasteiger charge is -2.24. The summed E-state index contributed by atoms with van der Waals surface area (Å²) in [6.45, 7) is 2.52. The summed E-state index contributed by atoms with van der Waals surface area (Å²) in [6.07, 6.45) is 10.8. The van der Waals surface area contributed by atoms with Gasteiger partial charge in [-0.05, 0) is 86.4 Å². The van der Waals surface area contributed by atoms with Gasteiger partial charge in [0.2, 0.25) is 19.9 Å².